The lowest BCUT2D eigenvalue weighted by Gasteiger charge is -2.11. The van der Waals surface area contributed by atoms with Crippen molar-refractivity contribution in [3.05, 3.63) is 34.6 Å². The van der Waals surface area contributed by atoms with Crippen molar-refractivity contribution in [3.8, 4) is 0 Å². The highest BCUT2D eigenvalue weighted by molar-refractivity contribution is 7.98. The Labute approximate surface area is 110 Å². The highest BCUT2D eigenvalue weighted by Gasteiger charge is 2.12. The van der Waals surface area contributed by atoms with E-state index < -0.39 is 11.7 Å². The molecule has 0 radical (unpaired) electrons. The molecule has 0 fully saturated rings. The summed E-state index contributed by atoms with van der Waals surface area (Å²) in [5.74, 6) is 0.344. The molecule has 1 aromatic rings. The van der Waals surface area contributed by atoms with Gasteiger partial charge in [-0.3, -0.25) is 4.79 Å². The molecule has 2 nitrogen and oxygen atoms in total. The first-order valence-corrected chi connectivity index (χ1v) is 7.04. The Kier molecular flexibility index (Phi) is 5.78. The molecule has 0 aromatic heterocycles. The number of nitrogens with one attached hydrogen (secondary N) is 1. The summed E-state index contributed by atoms with van der Waals surface area (Å²) in [6, 6.07) is 3.96. The standard InChI is InChI=1S/C12H15ClFNOS/c1-8(7-17-2)6-15-12(16)10-5-9(13)3-4-11(10)14/h3-5,8H,6-7H2,1-2H3,(H,15,16). The van der Waals surface area contributed by atoms with Crippen LogP contribution < -0.4 is 5.32 Å². The molecule has 0 bridgehead atoms. The van der Waals surface area contributed by atoms with Gasteiger partial charge in [-0.25, -0.2) is 4.39 Å². The summed E-state index contributed by atoms with van der Waals surface area (Å²) in [7, 11) is 0. The van der Waals surface area contributed by atoms with Crippen molar-refractivity contribution in [3.63, 3.8) is 0 Å². The van der Waals surface area contributed by atoms with Gasteiger partial charge in [-0.15, -0.1) is 0 Å². The summed E-state index contributed by atoms with van der Waals surface area (Å²) in [5.41, 5.74) is -0.00569. The zero-order chi connectivity index (χ0) is 12.8. The van der Waals surface area contributed by atoms with E-state index in [2.05, 4.69) is 5.32 Å². The largest absolute Gasteiger partial charge is 0.352 e. The lowest BCUT2D eigenvalue weighted by molar-refractivity contribution is 0.0945. The van der Waals surface area contributed by atoms with Crippen LogP contribution in [0, 0.1) is 11.7 Å². The number of benzene rings is 1. The molecule has 1 aromatic carbocycles. The van der Waals surface area contributed by atoms with E-state index in [0.717, 1.165) is 5.75 Å². The van der Waals surface area contributed by atoms with E-state index in [4.69, 9.17) is 11.6 Å². The van der Waals surface area contributed by atoms with Gasteiger partial charge in [-0.05, 0) is 36.1 Å². The van der Waals surface area contributed by atoms with E-state index in [1.807, 2.05) is 13.2 Å². The molecule has 0 saturated carbocycles. The quantitative estimate of drug-likeness (QED) is 0.894. The number of halogens is 2. The molecule has 1 amide bonds. The molecule has 0 aliphatic heterocycles. The van der Waals surface area contributed by atoms with Crippen LogP contribution in [0.3, 0.4) is 0 Å². The second-order valence-corrected chi connectivity index (χ2v) is 5.24. The summed E-state index contributed by atoms with van der Waals surface area (Å²) in [6.07, 6.45) is 2.01. The highest BCUT2D eigenvalue weighted by atomic mass is 35.5. The van der Waals surface area contributed by atoms with E-state index in [1.54, 1.807) is 11.8 Å². The van der Waals surface area contributed by atoms with Crippen molar-refractivity contribution < 1.29 is 9.18 Å². The molecule has 0 spiro atoms. The second-order valence-electron chi connectivity index (χ2n) is 3.89. The number of hydrogen-bond donors (Lipinski definition) is 1. The van der Waals surface area contributed by atoms with Crippen LogP contribution in [0.5, 0.6) is 0 Å². The van der Waals surface area contributed by atoms with Crippen LogP contribution in [-0.2, 0) is 0 Å². The Morgan fingerprint density at radius 2 is 2.29 bits per heavy atom. The second kappa shape index (κ2) is 6.87. The van der Waals surface area contributed by atoms with E-state index in [0.29, 0.717) is 17.5 Å². The Bertz CT molecular complexity index is 400. The molecule has 0 heterocycles. The van der Waals surface area contributed by atoms with E-state index in [-0.39, 0.29) is 5.56 Å². The Balaban J connectivity index is 2.61. The molecule has 94 valence electrons. The first-order chi connectivity index (χ1) is 8.04. The van der Waals surface area contributed by atoms with Gasteiger partial charge in [0.15, 0.2) is 0 Å². The number of carbonyl (C=O) groups excluding carboxylic acids is 1. The summed E-state index contributed by atoms with van der Waals surface area (Å²) in [5, 5.41) is 3.06. The van der Waals surface area contributed by atoms with Crippen molar-refractivity contribution in [1.29, 1.82) is 0 Å². The third-order valence-corrected chi connectivity index (χ3v) is 3.37. The molecule has 5 heteroatoms. The minimum atomic E-state index is -0.551. The summed E-state index contributed by atoms with van der Waals surface area (Å²) < 4.78 is 13.4. The van der Waals surface area contributed by atoms with Gasteiger partial charge < -0.3 is 5.32 Å². The Morgan fingerprint density at radius 3 is 2.94 bits per heavy atom. The monoisotopic (exact) mass is 275 g/mol. The lowest BCUT2D eigenvalue weighted by Crippen LogP contribution is -2.29. The van der Waals surface area contributed by atoms with E-state index in [9.17, 15) is 9.18 Å². The average Bonchev–Trinajstić information content (AvgIpc) is 2.29. The van der Waals surface area contributed by atoms with Crippen molar-refractivity contribution >= 4 is 29.3 Å². The third kappa shape index (κ3) is 4.56. The van der Waals surface area contributed by atoms with Gasteiger partial charge >= 0.3 is 0 Å². The Morgan fingerprint density at radius 1 is 1.59 bits per heavy atom. The van der Waals surface area contributed by atoms with Crippen LogP contribution in [0.1, 0.15) is 17.3 Å². The molecule has 17 heavy (non-hydrogen) atoms. The number of carbonyl (C=O) groups is 1. The fourth-order valence-corrected chi connectivity index (χ4v) is 2.24. The van der Waals surface area contributed by atoms with Crippen LogP contribution in [-0.4, -0.2) is 24.5 Å². The fourth-order valence-electron chi connectivity index (χ4n) is 1.38. The van der Waals surface area contributed by atoms with Crippen molar-refractivity contribution in [2.75, 3.05) is 18.6 Å². The van der Waals surface area contributed by atoms with Crippen LogP contribution in [0.25, 0.3) is 0 Å². The molecule has 1 unspecified atom stereocenters. The van der Waals surface area contributed by atoms with Gasteiger partial charge in [0.1, 0.15) is 5.82 Å². The summed E-state index contributed by atoms with van der Waals surface area (Å²) in [4.78, 5) is 11.7. The third-order valence-electron chi connectivity index (χ3n) is 2.24. The highest BCUT2D eigenvalue weighted by Crippen LogP contribution is 2.14. The number of hydrogen-bond acceptors (Lipinski definition) is 2. The summed E-state index contributed by atoms with van der Waals surface area (Å²) in [6.45, 7) is 2.57. The maximum absolute atomic E-state index is 13.4. The molecule has 1 N–H and O–H groups in total. The number of thioether (sulfide) groups is 1. The minimum Gasteiger partial charge on any atom is -0.352 e. The molecule has 0 aliphatic carbocycles. The lowest BCUT2D eigenvalue weighted by atomic mass is 10.1. The predicted molar refractivity (Wildman–Crippen MR) is 71.3 cm³/mol. The number of amides is 1. The molecule has 1 rings (SSSR count). The molecule has 0 saturated heterocycles. The average molecular weight is 276 g/mol. The van der Waals surface area contributed by atoms with Crippen molar-refractivity contribution in [2.45, 2.75) is 6.92 Å². The normalized spacial score (nSPS) is 12.2. The van der Waals surface area contributed by atoms with Gasteiger partial charge in [0.2, 0.25) is 0 Å². The van der Waals surface area contributed by atoms with E-state index in [1.165, 1.54) is 18.2 Å². The van der Waals surface area contributed by atoms with Gasteiger partial charge in [0.05, 0.1) is 5.56 Å². The van der Waals surface area contributed by atoms with Gasteiger partial charge in [-0.2, -0.15) is 11.8 Å². The van der Waals surface area contributed by atoms with Gasteiger partial charge in [-0.1, -0.05) is 18.5 Å². The minimum absolute atomic E-state index is 0.00569. The number of rotatable bonds is 5. The Hall–Kier alpha value is -0.740. The predicted octanol–water partition coefficient (Wildman–Crippen LogP) is 3.21. The van der Waals surface area contributed by atoms with E-state index >= 15 is 0 Å². The topological polar surface area (TPSA) is 29.1 Å². The van der Waals surface area contributed by atoms with Crippen molar-refractivity contribution in [2.24, 2.45) is 5.92 Å². The SMILES string of the molecule is CSCC(C)CNC(=O)c1cc(Cl)ccc1F. The summed E-state index contributed by atoms with van der Waals surface area (Å²) >= 11 is 7.44. The molecule has 1 atom stereocenters. The van der Waals surface area contributed by atoms with Gasteiger partial charge in [0.25, 0.3) is 5.91 Å². The smallest absolute Gasteiger partial charge is 0.254 e. The first kappa shape index (κ1) is 14.3. The van der Waals surface area contributed by atoms with Crippen LogP contribution in [0.15, 0.2) is 18.2 Å². The molecular weight excluding hydrogens is 261 g/mol. The van der Waals surface area contributed by atoms with Gasteiger partial charge in [0, 0.05) is 11.6 Å². The maximum atomic E-state index is 13.4. The van der Waals surface area contributed by atoms with Crippen LogP contribution in [0.2, 0.25) is 5.02 Å². The zero-order valence-electron chi connectivity index (χ0n) is 9.80. The zero-order valence-corrected chi connectivity index (χ0v) is 11.4. The van der Waals surface area contributed by atoms with Crippen molar-refractivity contribution in [1.82, 2.24) is 5.32 Å². The first-order valence-electron chi connectivity index (χ1n) is 5.26. The molecular formula is C12H15ClFNOS. The maximum Gasteiger partial charge on any atom is 0.254 e. The fraction of sp³-hybridized carbons (Fsp3) is 0.417. The van der Waals surface area contributed by atoms with Crippen LogP contribution >= 0.6 is 23.4 Å². The van der Waals surface area contributed by atoms with Crippen LogP contribution in [0.4, 0.5) is 4.39 Å². The molecule has 0 aliphatic rings.